The summed E-state index contributed by atoms with van der Waals surface area (Å²) in [5, 5.41) is 22.4. The average molecular weight is 261 g/mol. The maximum atomic E-state index is 11.5. The Morgan fingerprint density at radius 3 is 2.53 bits per heavy atom. The number of hydrogen-bond donors (Lipinski definition) is 3. The molecule has 19 heavy (non-hydrogen) atoms. The van der Waals surface area contributed by atoms with Crippen LogP contribution in [0.5, 0.6) is 0 Å². The number of nitriles is 1. The highest BCUT2D eigenvalue weighted by atomic mass is 16.4. The standard InChI is InChI=1S/C13H15N3O3/c1-9(13(18)19)15-8-12(17)16-11-4-2-10(3-5-11)6-7-14/h2-5,9,15H,6,8H2,1H3,(H,16,17)(H,18,19)/t9-/m0/s1. The lowest BCUT2D eigenvalue weighted by Crippen LogP contribution is -2.39. The molecule has 100 valence electrons. The van der Waals surface area contributed by atoms with E-state index in [9.17, 15) is 9.59 Å². The largest absolute Gasteiger partial charge is 0.480 e. The van der Waals surface area contributed by atoms with Gasteiger partial charge in [-0.3, -0.25) is 14.9 Å². The van der Waals surface area contributed by atoms with Crippen molar-refractivity contribution in [3.8, 4) is 6.07 Å². The molecule has 1 aromatic rings. The third-order valence-electron chi connectivity index (χ3n) is 2.46. The third kappa shape index (κ3) is 5.19. The maximum Gasteiger partial charge on any atom is 0.320 e. The number of hydrogen-bond acceptors (Lipinski definition) is 4. The van der Waals surface area contributed by atoms with Crippen molar-refractivity contribution in [2.24, 2.45) is 0 Å². The van der Waals surface area contributed by atoms with Crippen LogP contribution in [0, 0.1) is 11.3 Å². The Kier molecular flexibility index (Phi) is 5.51. The van der Waals surface area contributed by atoms with E-state index in [-0.39, 0.29) is 12.5 Å². The fourth-order valence-corrected chi connectivity index (χ4v) is 1.34. The van der Waals surface area contributed by atoms with Gasteiger partial charge in [-0.1, -0.05) is 12.1 Å². The molecule has 0 heterocycles. The first kappa shape index (κ1) is 14.7. The SMILES string of the molecule is C[C@H](NCC(=O)Nc1ccc(CC#N)cc1)C(=O)O. The molecule has 1 rings (SSSR count). The van der Waals surface area contributed by atoms with Crippen LogP contribution in [0.1, 0.15) is 12.5 Å². The van der Waals surface area contributed by atoms with Gasteiger partial charge >= 0.3 is 5.97 Å². The van der Waals surface area contributed by atoms with Gasteiger partial charge in [-0.2, -0.15) is 5.26 Å². The molecule has 0 aliphatic rings. The maximum absolute atomic E-state index is 11.5. The van der Waals surface area contributed by atoms with Crippen LogP contribution in [0.15, 0.2) is 24.3 Å². The molecule has 1 atom stereocenters. The zero-order chi connectivity index (χ0) is 14.3. The molecule has 6 heteroatoms. The number of carboxylic acid groups (broad SMARTS) is 1. The average Bonchev–Trinajstić information content (AvgIpc) is 2.38. The Morgan fingerprint density at radius 1 is 1.37 bits per heavy atom. The van der Waals surface area contributed by atoms with Crippen LogP contribution in [0.25, 0.3) is 0 Å². The third-order valence-corrected chi connectivity index (χ3v) is 2.46. The van der Waals surface area contributed by atoms with Crippen molar-refractivity contribution in [2.75, 3.05) is 11.9 Å². The normalized spacial score (nSPS) is 11.4. The molecule has 0 fully saturated rings. The highest BCUT2D eigenvalue weighted by Gasteiger charge is 2.11. The molecule has 6 nitrogen and oxygen atoms in total. The predicted octanol–water partition coefficient (Wildman–Crippen LogP) is 0.754. The van der Waals surface area contributed by atoms with Gasteiger partial charge in [-0.05, 0) is 24.6 Å². The highest BCUT2D eigenvalue weighted by Crippen LogP contribution is 2.09. The van der Waals surface area contributed by atoms with Gasteiger partial charge in [0.05, 0.1) is 19.0 Å². The summed E-state index contributed by atoms with van der Waals surface area (Å²) in [6.07, 6.45) is 0.325. The first-order chi connectivity index (χ1) is 9.02. The molecule has 1 amide bonds. The number of anilines is 1. The van der Waals surface area contributed by atoms with Crippen molar-refractivity contribution in [2.45, 2.75) is 19.4 Å². The zero-order valence-electron chi connectivity index (χ0n) is 10.5. The van der Waals surface area contributed by atoms with Crippen LogP contribution in [0.4, 0.5) is 5.69 Å². The van der Waals surface area contributed by atoms with Crippen LogP contribution >= 0.6 is 0 Å². The number of carboxylic acids is 1. The summed E-state index contributed by atoms with van der Waals surface area (Å²) in [5.41, 5.74) is 1.48. The van der Waals surface area contributed by atoms with Crippen molar-refractivity contribution >= 4 is 17.6 Å². The van der Waals surface area contributed by atoms with Gasteiger partial charge in [0.25, 0.3) is 0 Å². The number of aliphatic carboxylic acids is 1. The van der Waals surface area contributed by atoms with Gasteiger partial charge in [0.2, 0.25) is 5.91 Å². The Morgan fingerprint density at radius 2 is 2.00 bits per heavy atom. The number of nitrogens with zero attached hydrogens (tertiary/aromatic N) is 1. The summed E-state index contributed by atoms with van der Waals surface area (Å²) in [5.74, 6) is -1.32. The Labute approximate surface area is 111 Å². The molecule has 0 bridgehead atoms. The van der Waals surface area contributed by atoms with Crippen LogP contribution < -0.4 is 10.6 Å². The Hall–Kier alpha value is -2.39. The second-order valence-corrected chi connectivity index (χ2v) is 4.02. The summed E-state index contributed by atoms with van der Waals surface area (Å²) >= 11 is 0. The lowest BCUT2D eigenvalue weighted by atomic mass is 10.1. The first-order valence-electron chi connectivity index (χ1n) is 5.75. The summed E-state index contributed by atoms with van der Waals surface area (Å²) < 4.78 is 0. The van der Waals surface area contributed by atoms with E-state index in [1.54, 1.807) is 24.3 Å². The van der Waals surface area contributed by atoms with Gasteiger partial charge in [0.1, 0.15) is 6.04 Å². The predicted molar refractivity (Wildman–Crippen MR) is 69.5 cm³/mol. The summed E-state index contributed by atoms with van der Waals surface area (Å²) in [4.78, 5) is 22.1. The van der Waals surface area contributed by atoms with Gasteiger partial charge in [-0.15, -0.1) is 0 Å². The minimum absolute atomic E-state index is 0.0760. The van der Waals surface area contributed by atoms with Gasteiger partial charge in [0, 0.05) is 5.69 Å². The van der Waals surface area contributed by atoms with E-state index >= 15 is 0 Å². The minimum Gasteiger partial charge on any atom is -0.480 e. The molecule has 0 unspecified atom stereocenters. The van der Waals surface area contributed by atoms with Crippen molar-refractivity contribution < 1.29 is 14.7 Å². The van der Waals surface area contributed by atoms with Crippen molar-refractivity contribution in [1.29, 1.82) is 5.26 Å². The summed E-state index contributed by atoms with van der Waals surface area (Å²) in [6, 6.07) is 8.17. The summed E-state index contributed by atoms with van der Waals surface area (Å²) in [7, 11) is 0. The van der Waals surface area contributed by atoms with E-state index in [4.69, 9.17) is 10.4 Å². The molecule has 0 aromatic heterocycles. The second-order valence-electron chi connectivity index (χ2n) is 4.02. The fourth-order valence-electron chi connectivity index (χ4n) is 1.34. The van der Waals surface area contributed by atoms with Crippen molar-refractivity contribution in [3.05, 3.63) is 29.8 Å². The number of carbonyl (C=O) groups is 2. The molecule has 0 aliphatic carbocycles. The molecular formula is C13H15N3O3. The molecule has 0 spiro atoms. The van der Waals surface area contributed by atoms with Gasteiger partial charge in [0.15, 0.2) is 0 Å². The first-order valence-corrected chi connectivity index (χ1v) is 5.75. The minimum atomic E-state index is -1.01. The van der Waals surface area contributed by atoms with Crippen molar-refractivity contribution in [3.63, 3.8) is 0 Å². The van der Waals surface area contributed by atoms with Crippen LogP contribution in [0.2, 0.25) is 0 Å². The number of amides is 1. The Balaban J connectivity index is 2.44. The van der Waals surface area contributed by atoms with Gasteiger partial charge < -0.3 is 10.4 Å². The Bertz CT molecular complexity index is 491. The number of rotatable bonds is 6. The fraction of sp³-hybridized carbons (Fsp3) is 0.308. The zero-order valence-corrected chi connectivity index (χ0v) is 10.5. The van der Waals surface area contributed by atoms with E-state index in [1.807, 2.05) is 6.07 Å². The van der Waals surface area contributed by atoms with E-state index in [2.05, 4.69) is 10.6 Å². The molecule has 0 saturated heterocycles. The van der Waals surface area contributed by atoms with Crippen LogP contribution in [0.3, 0.4) is 0 Å². The number of carbonyl (C=O) groups excluding carboxylic acids is 1. The summed E-state index contributed by atoms with van der Waals surface area (Å²) in [6.45, 7) is 1.39. The quantitative estimate of drug-likeness (QED) is 0.701. The lowest BCUT2D eigenvalue weighted by molar-refractivity contribution is -0.139. The lowest BCUT2D eigenvalue weighted by Gasteiger charge is -2.09. The van der Waals surface area contributed by atoms with Crippen molar-refractivity contribution in [1.82, 2.24) is 5.32 Å². The van der Waals surface area contributed by atoms with E-state index < -0.39 is 12.0 Å². The molecule has 3 N–H and O–H groups in total. The molecule has 1 aromatic carbocycles. The van der Waals surface area contributed by atoms with Crippen LogP contribution in [-0.2, 0) is 16.0 Å². The highest BCUT2D eigenvalue weighted by molar-refractivity contribution is 5.92. The van der Waals surface area contributed by atoms with Gasteiger partial charge in [-0.25, -0.2) is 0 Å². The topological polar surface area (TPSA) is 102 Å². The van der Waals surface area contributed by atoms with E-state index in [1.165, 1.54) is 6.92 Å². The monoisotopic (exact) mass is 261 g/mol. The van der Waals surface area contributed by atoms with E-state index in [0.717, 1.165) is 5.56 Å². The molecule has 0 aliphatic heterocycles. The number of nitrogens with one attached hydrogen (secondary N) is 2. The molecular weight excluding hydrogens is 246 g/mol. The van der Waals surface area contributed by atoms with E-state index in [0.29, 0.717) is 12.1 Å². The van der Waals surface area contributed by atoms with Crippen LogP contribution in [-0.4, -0.2) is 29.6 Å². The number of benzene rings is 1. The molecule has 0 saturated carbocycles. The second kappa shape index (κ2) is 7.13. The smallest absolute Gasteiger partial charge is 0.320 e. The molecule has 0 radical (unpaired) electrons.